The molecular formula is C22H40N2. The van der Waals surface area contributed by atoms with Gasteiger partial charge in [-0.25, -0.2) is 4.98 Å². The predicted octanol–water partition coefficient (Wildman–Crippen LogP) is 7.00. The molecule has 0 atom stereocenters. The zero-order valence-corrected chi connectivity index (χ0v) is 16.3. The highest BCUT2D eigenvalue weighted by atomic mass is 15.0. The van der Waals surface area contributed by atoms with Crippen LogP contribution in [-0.2, 0) is 13.5 Å². The Bertz CT molecular complexity index is 406. The lowest BCUT2D eigenvalue weighted by Crippen LogP contribution is -1.96. The summed E-state index contributed by atoms with van der Waals surface area (Å²) in [4.78, 5) is 4.38. The number of nitrogens with zero attached hydrogens (tertiary/aromatic N) is 2. The van der Waals surface area contributed by atoms with Crippen molar-refractivity contribution in [3.8, 4) is 0 Å². The van der Waals surface area contributed by atoms with Gasteiger partial charge in [0.1, 0.15) is 5.82 Å². The minimum atomic E-state index is 1.13. The van der Waals surface area contributed by atoms with Gasteiger partial charge in [0, 0.05) is 25.9 Å². The molecule has 24 heavy (non-hydrogen) atoms. The molecule has 2 heteroatoms. The van der Waals surface area contributed by atoms with Crippen LogP contribution in [0.25, 0.3) is 0 Å². The monoisotopic (exact) mass is 332 g/mol. The van der Waals surface area contributed by atoms with Crippen molar-refractivity contribution in [2.45, 2.75) is 103 Å². The maximum atomic E-state index is 4.38. The first-order chi connectivity index (χ1) is 11.8. The Morgan fingerprint density at radius 1 is 0.792 bits per heavy atom. The molecule has 0 aromatic carbocycles. The molecule has 2 nitrogen and oxygen atoms in total. The number of hydrogen-bond donors (Lipinski definition) is 0. The van der Waals surface area contributed by atoms with E-state index < -0.39 is 0 Å². The number of rotatable bonds is 16. The molecule has 0 saturated carbocycles. The standard InChI is InChI=1S/C22H40N2/c1-3-4-5-6-7-8-9-10-11-12-13-14-15-16-17-18-19-22-23-20-21-24(22)2/h10-11,20-21H,3-9,12-19H2,1-2H3/b11-10-. The fraction of sp³-hybridized carbons (Fsp3) is 0.773. The molecule has 138 valence electrons. The molecule has 0 unspecified atom stereocenters. The minimum absolute atomic E-state index is 1.13. The maximum Gasteiger partial charge on any atom is 0.108 e. The van der Waals surface area contributed by atoms with E-state index in [0.29, 0.717) is 0 Å². The molecule has 0 bridgehead atoms. The largest absolute Gasteiger partial charge is 0.338 e. The van der Waals surface area contributed by atoms with Gasteiger partial charge in [0.2, 0.25) is 0 Å². The Morgan fingerprint density at radius 2 is 1.33 bits per heavy atom. The molecule has 0 aliphatic carbocycles. The molecule has 0 spiro atoms. The lowest BCUT2D eigenvalue weighted by molar-refractivity contribution is 0.586. The topological polar surface area (TPSA) is 17.8 Å². The SMILES string of the molecule is CCCCCCCC/C=C\CCCCCCCCc1nccn1C. The fourth-order valence-electron chi connectivity index (χ4n) is 3.17. The van der Waals surface area contributed by atoms with Crippen molar-refractivity contribution in [1.29, 1.82) is 0 Å². The first-order valence-electron chi connectivity index (χ1n) is 10.5. The lowest BCUT2D eigenvalue weighted by Gasteiger charge is -2.02. The number of aryl methyl sites for hydroxylation is 2. The Labute approximate surface area is 150 Å². The number of unbranched alkanes of at least 4 members (excludes halogenated alkanes) is 12. The van der Waals surface area contributed by atoms with Gasteiger partial charge in [0.15, 0.2) is 0 Å². The molecular weight excluding hydrogens is 292 g/mol. The summed E-state index contributed by atoms with van der Waals surface area (Å²) in [5.74, 6) is 1.23. The zero-order valence-electron chi connectivity index (χ0n) is 16.3. The van der Waals surface area contributed by atoms with Crippen LogP contribution < -0.4 is 0 Å². The van der Waals surface area contributed by atoms with E-state index >= 15 is 0 Å². The average molecular weight is 333 g/mol. The van der Waals surface area contributed by atoms with Crippen LogP contribution in [0.1, 0.15) is 103 Å². The van der Waals surface area contributed by atoms with Crippen molar-refractivity contribution in [1.82, 2.24) is 9.55 Å². The summed E-state index contributed by atoms with van der Waals surface area (Å²) < 4.78 is 2.14. The van der Waals surface area contributed by atoms with Crippen molar-refractivity contribution in [2.75, 3.05) is 0 Å². The zero-order chi connectivity index (χ0) is 17.3. The van der Waals surface area contributed by atoms with Crippen LogP contribution >= 0.6 is 0 Å². The summed E-state index contributed by atoms with van der Waals surface area (Å²) in [6, 6.07) is 0. The second-order valence-corrected chi connectivity index (χ2v) is 7.14. The first kappa shape index (κ1) is 21.0. The van der Waals surface area contributed by atoms with Gasteiger partial charge >= 0.3 is 0 Å². The highest BCUT2D eigenvalue weighted by Crippen LogP contribution is 2.11. The number of allylic oxidation sites excluding steroid dienone is 2. The van der Waals surface area contributed by atoms with E-state index in [9.17, 15) is 0 Å². The van der Waals surface area contributed by atoms with E-state index in [1.807, 2.05) is 12.4 Å². The molecule has 1 rings (SSSR count). The summed E-state index contributed by atoms with van der Waals surface area (Å²) in [5.41, 5.74) is 0. The van der Waals surface area contributed by atoms with Gasteiger partial charge in [-0.1, -0.05) is 76.9 Å². The third-order valence-corrected chi connectivity index (χ3v) is 4.83. The van der Waals surface area contributed by atoms with Crippen LogP contribution in [0.2, 0.25) is 0 Å². The van der Waals surface area contributed by atoms with E-state index in [4.69, 9.17) is 0 Å². The molecule has 0 aliphatic rings. The van der Waals surface area contributed by atoms with Crippen molar-refractivity contribution >= 4 is 0 Å². The summed E-state index contributed by atoms with van der Waals surface area (Å²) in [6.45, 7) is 2.28. The number of imidazole rings is 1. The normalized spacial score (nSPS) is 11.6. The van der Waals surface area contributed by atoms with E-state index in [-0.39, 0.29) is 0 Å². The smallest absolute Gasteiger partial charge is 0.108 e. The highest BCUT2D eigenvalue weighted by Gasteiger charge is 1.98. The molecule has 0 amide bonds. The summed E-state index contributed by atoms with van der Waals surface area (Å²) in [7, 11) is 2.09. The quantitative estimate of drug-likeness (QED) is 0.235. The van der Waals surface area contributed by atoms with Crippen LogP contribution in [0, 0.1) is 0 Å². The molecule has 0 aliphatic heterocycles. The summed E-state index contributed by atoms with van der Waals surface area (Å²) in [5, 5.41) is 0. The van der Waals surface area contributed by atoms with E-state index in [1.54, 1.807) is 0 Å². The average Bonchev–Trinajstić information content (AvgIpc) is 2.99. The summed E-state index contributed by atoms with van der Waals surface area (Å²) in [6.07, 6.45) is 29.1. The molecule has 1 aromatic heterocycles. The van der Waals surface area contributed by atoms with E-state index in [0.717, 1.165) is 6.42 Å². The lowest BCUT2D eigenvalue weighted by atomic mass is 10.1. The minimum Gasteiger partial charge on any atom is -0.338 e. The molecule has 0 radical (unpaired) electrons. The predicted molar refractivity (Wildman–Crippen MR) is 106 cm³/mol. The van der Waals surface area contributed by atoms with Gasteiger partial charge in [-0.05, 0) is 32.1 Å². The Hall–Kier alpha value is -1.05. The van der Waals surface area contributed by atoms with Crippen molar-refractivity contribution in [3.63, 3.8) is 0 Å². The van der Waals surface area contributed by atoms with Crippen LogP contribution in [0.5, 0.6) is 0 Å². The van der Waals surface area contributed by atoms with Gasteiger partial charge in [-0.3, -0.25) is 0 Å². The van der Waals surface area contributed by atoms with Gasteiger partial charge < -0.3 is 4.57 Å². The van der Waals surface area contributed by atoms with Crippen LogP contribution in [0.3, 0.4) is 0 Å². The number of aromatic nitrogens is 2. The van der Waals surface area contributed by atoms with Crippen molar-refractivity contribution < 1.29 is 0 Å². The number of hydrogen-bond acceptors (Lipinski definition) is 1. The molecule has 0 saturated heterocycles. The third-order valence-electron chi connectivity index (χ3n) is 4.83. The Morgan fingerprint density at radius 3 is 1.88 bits per heavy atom. The van der Waals surface area contributed by atoms with Gasteiger partial charge in [-0.15, -0.1) is 0 Å². The van der Waals surface area contributed by atoms with Gasteiger partial charge in [0.05, 0.1) is 0 Å². The van der Waals surface area contributed by atoms with E-state index in [1.165, 1.54) is 95.7 Å². The Balaban J connectivity index is 1.77. The Kier molecular flexibility index (Phi) is 13.5. The molecule has 1 heterocycles. The first-order valence-corrected chi connectivity index (χ1v) is 10.5. The van der Waals surface area contributed by atoms with Crippen molar-refractivity contribution in [2.24, 2.45) is 7.05 Å². The molecule has 0 fully saturated rings. The van der Waals surface area contributed by atoms with E-state index in [2.05, 4.69) is 35.7 Å². The van der Waals surface area contributed by atoms with Crippen LogP contribution in [0.15, 0.2) is 24.5 Å². The third kappa shape index (κ3) is 11.5. The van der Waals surface area contributed by atoms with Crippen molar-refractivity contribution in [3.05, 3.63) is 30.4 Å². The second-order valence-electron chi connectivity index (χ2n) is 7.14. The molecule has 1 aromatic rings. The van der Waals surface area contributed by atoms with Gasteiger partial charge in [-0.2, -0.15) is 0 Å². The highest BCUT2D eigenvalue weighted by molar-refractivity contribution is 4.90. The van der Waals surface area contributed by atoms with Crippen LogP contribution in [-0.4, -0.2) is 9.55 Å². The van der Waals surface area contributed by atoms with Gasteiger partial charge in [0.25, 0.3) is 0 Å². The second kappa shape index (κ2) is 15.5. The van der Waals surface area contributed by atoms with Crippen LogP contribution in [0.4, 0.5) is 0 Å². The fourth-order valence-corrected chi connectivity index (χ4v) is 3.17. The summed E-state index contributed by atoms with van der Waals surface area (Å²) >= 11 is 0. The molecule has 0 N–H and O–H groups in total. The maximum absolute atomic E-state index is 4.38.